The molecular formula is C36H39F4N9O4. The van der Waals surface area contributed by atoms with E-state index in [1.165, 1.54) is 18.5 Å². The zero-order valence-electron chi connectivity index (χ0n) is 29.4. The second-order valence-electron chi connectivity index (χ2n) is 14.8. The van der Waals surface area contributed by atoms with E-state index in [0.29, 0.717) is 25.1 Å². The van der Waals surface area contributed by atoms with Gasteiger partial charge >= 0.3 is 6.18 Å². The number of aryl methyl sites for hydroxylation is 1. The Morgan fingerprint density at radius 3 is 2.53 bits per heavy atom. The van der Waals surface area contributed by atoms with Crippen LogP contribution in [0.4, 0.5) is 23.4 Å². The molecule has 0 radical (unpaired) electrons. The van der Waals surface area contributed by atoms with Crippen molar-refractivity contribution < 1.29 is 36.7 Å². The molecule has 1 atom stereocenters. The summed E-state index contributed by atoms with van der Waals surface area (Å²) in [7, 11) is 0. The Morgan fingerprint density at radius 1 is 1.09 bits per heavy atom. The van der Waals surface area contributed by atoms with E-state index in [0.717, 1.165) is 56.5 Å². The number of aromatic nitrogens is 6. The van der Waals surface area contributed by atoms with E-state index in [-0.39, 0.29) is 47.6 Å². The Hall–Kier alpha value is -5.35. The smallest absolute Gasteiger partial charge is 0.401 e. The van der Waals surface area contributed by atoms with Crippen LogP contribution in [0.3, 0.4) is 0 Å². The van der Waals surface area contributed by atoms with Gasteiger partial charge < -0.3 is 15.0 Å². The summed E-state index contributed by atoms with van der Waals surface area (Å²) < 4.78 is 63.0. The maximum Gasteiger partial charge on any atom is 0.401 e. The Balaban J connectivity index is 0.887. The average molecular weight is 738 g/mol. The minimum atomic E-state index is -4.53. The van der Waals surface area contributed by atoms with Crippen molar-refractivity contribution >= 4 is 23.5 Å². The highest BCUT2D eigenvalue weighted by Gasteiger charge is 2.51. The topological polar surface area (TPSA) is 160 Å². The number of nitrogens with zero attached hydrogens (tertiary/aromatic N) is 6. The predicted molar refractivity (Wildman–Crippen MR) is 182 cm³/mol. The van der Waals surface area contributed by atoms with Crippen LogP contribution in [0.1, 0.15) is 91.4 Å². The van der Waals surface area contributed by atoms with E-state index < -0.39 is 41.0 Å². The number of halogens is 4. The van der Waals surface area contributed by atoms with Gasteiger partial charge in [0.25, 0.3) is 5.91 Å². The minimum absolute atomic E-state index is 0.0302. The summed E-state index contributed by atoms with van der Waals surface area (Å²) in [6.07, 6.45) is 4.13. The molecule has 1 spiro atoms. The summed E-state index contributed by atoms with van der Waals surface area (Å²) in [5.74, 6) is -1.58. The number of anilines is 1. The number of H-pyrrole nitrogens is 1. The summed E-state index contributed by atoms with van der Waals surface area (Å²) in [5, 5.41) is 15.4. The van der Waals surface area contributed by atoms with E-state index in [9.17, 15) is 27.6 Å². The Morgan fingerprint density at radius 2 is 1.85 bits per heavy atom. The molecule has 13 nitrogen and oxygen atoms in total. The normalized spacial score (nSPS) is 19.2. The number of carbonyl (C=O) groups excluding carboxylic acids is 3. The number of pyridine rings is 1. The van der Waals surface area contributed by atoms with Gasteiger partial charge in [0.05, 0.1) is 36.0 Å². The van der Waals surface area contributed by atoms with Gasteiger partial charge in [0, 0.05) is 37.3 Å². The van der Waals surface area contributed by atoms with Crippen LogP contribution >= 0.6 is 0 Å². The van der Waals surface area contributed by atoms with Gasteiger partial charge in [0.15, 0.2) is 17.5 Å². The number of piperidine rings is 1. The molecule has 3 fully saturated rings. The third kappa shape index (κ3) is 7.20. The molecule has 17 heteroatoms. The van der Waals surface area contributed by atoms with Crippen molar-refractivity contribution in [1.29, 1.82) is 0 Å². The molecule has 53 heavy (non-hydrogen) atoms. The number of alkyl halides is 3. The van der Waals surface area contributed by atoms with E-state index in [1.54, 1.807) is 10.9 Å². The fourth-order valence-corrected chi connectivity index (χ4v) is 7.20. The lowest BCUT2D eigenvalue weighted by Gasteiger charge is -2.53. The fourth-order valence-electron chi connectivity index (χ4n) is 7.20. The summed E-state index contributed by atoms with van der Waals surface area (Å²) >= 11 is 0. The number of aromatic amines is 1. The van der Waals surface area contributed by atoms with Crippen molar-refractivity contribution in [1.82, 2.24) is 40.6 Å². The van der Waals surface area contributed by atoms with Gasteiger partial charge in [-0.15, -0.1) is 0 Å². The maximum absolute atomic E-state index is 15.1. The van der Waals surface area contributed by atoms with Crippen LogP contribution in [-0.4, -0.2) is 73.0 Å². The van der Waals surface area contributed by atoms with Gasteiger partial charge in [-0.1, -0.05) is 0 Å². The maximum atomic E-state index is 15.1. The van der Waals surface area contributed by atoms with Crippen LogP contribution in [0.15, 0.2) is 42.9 Å². The van der Waals surface area contributed by atoms with Crippen molar-refractivity contribution in [3.63, 3.8) is 0 Å². The van der Waals surface area contributed by atoms with Gasteiger partial charge in [-0.2, -0.15) is 23.4 Å². The van der Waals surface area contributed by atoms with E-state index >= 15 is 4.39 Å². The third-order valence-corrected chi connectivity index (χ3v) is 10.6. The molecule has 2 saturated heterocycles. The number of amides is 3. The van der Waals surface area contributed by atoms with Crippen LogP contribution < -0.4 is 20.3 Å². The fraction of sp³-hybridized carbons (Fsp3) is 0.472. The largest absolute Gasteiger partial charge is 0.490 e. The van der Waals surface area contributed by atoms with Crippen LogP contribution in [0.25, 0.3) is 5.69 Å². The Kier molecular flexibility index (Phi) is 9.22. The van der Waals surface area contributed by atoms with Crippen LogP contribution in [-0.2, 0) is 21.5 Å². The van der Waals surface area contributed by atoms with Crippen molar-refractivity contribution in [2.24, 2.45) is 5.41 Å². The van der Waals surface area contributed by atoms with Crippen molar-refractivity contribution in [2.75, 3.05) is 18.0 Å². The molecule has 3 aromatic heterocycles. The summed E-state index contributed by atoms with van der Waals surface area (Å²) in [6, 6.07) is 7.00. The molecule has 2 aliphatic heterocycles. The summed E-state index contributed by atoms with van der Waals surface area (Å²) in [5.41, 5.74) is 0.176. The molecule has 1 unspecified atom stereocenters. The molecule has 1 aromatic carbocycles. The number of imide groups is 1. The van der Waals surface area contributed by atoms with Crippen molar-refractivity contribution in [3.05, 3.63) is 77.0 Å². The minimum Gasteiger partial charge on any atom is -0.490 e. The SMILES string of the molecule is Cc1cc(OC2CCC3(CC2)CN(c2ncc(C4CCC(=O)NC4=O)cc2F)C3)ccc1-n1cc(C(=O)NCc2nc(C(C)(C)C(F)(F)F)n[nH]2)cn1. The number of ether oxygens (including phenoxy) is 1. The summed E-state index contributed by atoms with van der Waals surface area (Å²) in [6.45, 7) is 5.13. The molecule has 7 rings (SSSR count). The number of carbonyl (C=O) groups is 3. The van der Waals surface area contributed by atoms with Crippen LogP contribution in [0.2, 0.25) is 0 Å². The van der Waals surface area contributed by atoms with Crippen molar-refractivity contribution in [3.8, 4) is 11.4 Å². The molecule has 3 aliphatic rings. The quantitative estimate of drug-likeness (QED) is 0.160. The first-order valence-corrected chi connectivity index (χ1v) is 17.4. The van der Waals surface area contributed by atoms with Gasteiger partial charge in [0.1, 0.15) is 17.0 Å². The molecule has 3 amide bonds. The third-order valence-electron chi connectivity index (χ3n) is 10.6. The molecule has 0 bridgehead atoms. The molecule has 1 saturated carbocycles. The van der Waals surface area contributed by atoms with Gasteiger partial charge in [-0.25, -0.2) is 19.0 Å². The molecule has 280 valence electrons. The molecule has 5 heterocycles. The van der Waals surface area contributed by atoms with Gasteiger partial charge in [0.2, 0.25) is 11.8 Å². The van der Waals surface area contributed by atoms with Crippen LogP contribution in [0, 0.1) is 18.2 Å². The average Bonchev–Trinajstić information content (AvgIpc) is 3.78. The highest BCUT2D eigenvalue weighted by Crippen LogP contribution is 2.46. The lowest BCUT2D eigenvalue weighted by molar-refractivity contribution is -0.182. The van der Waals surface area contributed by atoms with E-state index in [2.05, 4.69) is 35.9 Å². The summed E-state index contributed by atoms with van der Waals surface area (Å²) in [4.78, 5) is 46.7. The lowest BCUT2D eigenvalue weighted by atomic mass is 9.68. The first-order valence-electron chi connectivity index (χ1n) is 17.4. The second kappa shape index (κ2) is 13.6. The zero-order valence-corrected chi connectivity index (χ0v) is 29.4. The Bertz CT molecular complexity index is 2040. The molecule has 3 N–H and O–H groups in total. The van der Waals surface area contributed by atoms with Crippen molar-refractivity contribution in [2.45, 2.75) is 89.5 Å². The lowest BCUT2D eigenvalue weighted by Crippen LogP contribution is -2.58. The highest BCUT2D eigenvalue weighted by molar-refractivity contribution is 6.00. The van der Waals surface area contributed by atoms with Gasteiger partial charge in [-0.3, -0.25) is 24.8 Å². The van der Waals surface area contributed by atoms with Crippen LogP contribution in [0.5, 0.6) is 5.75 Å². The predicted octanol–water partition coefficient (Wildman–Crippen LogP) is 4.95. The number of benzene rings is 1. The van der Waals surface area contributed by atoms with E-state index in [4.69, 9.17) is 4.74 Å². The zero-order chi connectivity index (χ0) is 37.7. The molecule has 4 aromatic rings. The second-order valence-corrected chi connectivity index (χ2v) is 14.8. The number of hydrogen-bond donors (Lipinski definition) is 3. The first-order chi connectivity index (χ1) is 25.1. The highest BCUT2D eigenvalue weighted by atomic mass is 19.4. The Labute approximate surface area is 301 Å². The van der Waals surface area contributed by atoms with Gasteiger partial charge in [-0.05, 0) is 88.3 Å². The number of nitrogens with one attached hydrogen (secondary N) is 3. The standard InChI is InChI=1S/C36H39F4N9O4/c1-20-12-24(4-6-27(20)49-17-22(15-43-49)31(51)42-16-28-44-33(47-46-28)34(2,3)36(38,39)40)53-23-8-10-35(11-9-23)18-48(19-35)30-26(37)13-21(14-41-30)25-5-7-29(50)45-32(25)52/h4,6,12-15,17,23,25H,5,7-11,16,18-19H2,1-3H3,(H,42,51)(H,44,46,47)(H,45,50,52). The monoisotopic (exact) mass is 737 g/mol. The first kappa shape index (κ1) is 36.0. The number of rotatable bonds is 9. The molecule has 1 aliphatic carbocycles. The van der Waals surface area contributed by atoms with E-state index in [1.807, 2.05) is 30.0 Å². The number of hydrogen-bond acceptors (Lipinski definition) is 9. The molecular weight excluding hydrogens is 698 g/mol.